The molecule has 0 bridgehead atoms. The first kappa shape index (κ1) is 23.3. The Balaban J connectivity index is 1.61. The summed E-state index contributed by atoms with van der Waals surface area (Å²) in [6.45, 7) is 5.61. The molecule has 0 unspecified atom stereocenters. The second-order valence-corrected chi connectivity index (χ2v) is 8.39. The van der Waals surface area contributed by atoms with Crippen LogP contribution in [0, 0.1) is 5.92 Å². The fourth-order valence-corrected chi connectivity index (χ4v) is 4.06. The predicted molar refractivity (Wildman–Crippen MR) is 121 cm³/mol. The molecule has 0 spiro atoms. The Morgan fingerprint density at radius 2 is 1.53 bits per heavy atom. The van der Waals surface area contributed by atoms with Crippen molar-refractivity contribution in [2.45, 2.75) is 51.6 Å². The number of rotatable bonds is 9. The lowest BCUT2D eigenvalue weighted by Gasteiger charge is -2.24. The molecule has 7 heteroatoms. The summed E-state index contributed by atoms with van der Waals surface area (Å²) < 4.78 is 5.51. The first-order valence-corrected chi connectivity index (χ1v) is 11.0. The largest absolute Gasteiger partial charge is 0.481 e. The van der Waals surface area contributed by atoms with Crippen molar-refractivity contribution in [1.29, 1.82) is 0 Å². The standard InChI is InChI=1S/C25H30N2O5/c1-4-21(24(30)26-22(15(2)3)13-23(28)29)27-25(31)32-14-20-18-11-7-5-9-16(18)17-10-6-8-12-19(17)20/h5-12,15,20-22H,4,13-14H2,1-3H3,(H,26,30)(H,27,31)(H,28,29)/t21-,22-/m1/s1. The van der Waals surface area contributed by atoms with Crippen molar-refractivity contribution in [3.8, 4) is 11.1 Å². The Hall–Kier alpha value is -3.35. The third kappa shape index (κ3) is 5.28. The zero-order valence-electron chi connectivity index (χ0n) is 18.6. The zero-order valence-corrected chi connectivity index (χ0v) is 18.6. The molecular weight excluding hydrogens is 408 g/mol. The number of benzene rings is 2. The van der Waals surface area contributed by atoms with Crippen molar-refractivity contribution in [3.63, 3.8) is 0 Å². The number of aliphatic carboxylic acids is 1. The van der Waals surface area contributed by atoms with E-state index in [1.807, 2.05) is 50.2 Å². The summed E-state index contributed by atoms with van der Waals surface area (Å²) in [4.78, 5) is 36.2. The molecule has 0 fully saturated rings. The molecule has 0 radical (unpaired) electrons. The van der Waals surface area contributed by atoms with Crippen LogP contribution in [-0.2, 0) is 14.3 Å². The lowest BCUT2D eigenvalue weighted by Crippen LogP contribution is -2.51. The van der Waals surface area contributed by atoms with E-state index in [1.165, 1.54) is 0 Å². The second-order valence-electron chi connectivity index (χ2n) is 8.39. The van der Waals surface area contributed by atoms with Crippen molar-refractivity contribution in [2.24, 2.45) is 5.92 Å². The molecular formula is C25H30N2O5. The summed E-state index contributed by atoms with van der Waals surface area (Å²) in [5, 5.41) is 14.4. The van der Waals surface area contributed by atoms with Crippen LogP contribution in [0.25, 0.3) is 11.1 Å². The highest BCUT2D eigenvalue weighted by atomic mass is 16.5. The number of nitrogens with one attached hydrogen (secondary N) is 2. The van der Waals surface area contributed by atoms with Gasteiger partial charge in [-0.15, -0.1) is 0 Å². The van der Waals surface area contributed by atoms with Gasteiger partial charge in [-0.2, -0.15) is 0 Å². The number of fused-ring (bicyclic) bond motifs is 3. The average molecular weight is 439 g/mol. The summed E-state index contributed by atoms with van der Waals surface area (Å²) in [5.41, 5.74) is 4.50. The smallest absolute Gasteiger partial charge is 0.407 e. The number of carbonyl (C=O) groups is 3. The van der Waals surface area contributed by atoms with Gasteiger partial charge in [0, 0.05) is 12.0 Å². The Morgan fingerprint density at radius 3 is 2.03 bits per heavy atom. The fraction of sp³-hybridized carbons (Fsp3) is 0.400. The Kier molecular flexibility index (Phi) is 7.51. The van der Waals surface area contributed by atoms with E-state index in [-0.39, 0.29) is 24.9 Å². The van der Waals surface area contributed by atoms with Gasteiger partial charge in [-0.25, -0.2) is 4.79 Å². The summed E-state index contributed by atoms with van der Waals surface area (Å²) in [6, 6.07) is 14.8. The highest BCUT2D eigenvalue weighted by Crippen LogP contribution is 2.44. The zero-order chi connectivity index (χ0) is 23.3. The summed E-state index contributed by atoms with van der Waals surface area (Å²) in [5.74, 6) is -1.52. The number of hydrogen-bond acceptors (Lipinski definition) is 4. The summed E-state index contributed by atoms with van der Waals surface area (Å²) in [6.07, 6.45) is -0.494. The van der Waals surface area contributed by atoms with Crippen molar-refractivity contribution >= 4 is 18.0 Å². The minimum atomic E-state index is -0.985. The first-order chi connectivity index (χ1) is 15.3. The van der Waals surface area contributed by atoms with Gasteiger partial charge in [0.05, 0.1) is 6.42 Å². The molecule has 32 heavy (non-hydrogen) atoms. The van der Waals surface area contributed by atoms with E-state index >= 15 is 0 Å². The molecule has 0 saturated heterocycles. The lowest BCUT2D eigenvalue weighted by molar-refractivity contribution is -0.138. The van der Waals surface area contributed by atoms with Gasteiger partial charge in [-0.05, 0) is 34.6 Å². The van der Waals surface area contributed by atoms with E-state index in [2.05, 4.69) is 22.8 Å². The van der Waals surface area contributed by atoms with Crippen LogP contribution in [0.2, 0.25) is 0 Å². The molecule has 170 valence electrons. The number of ether oxygens (including phenoxy) is 1. The van der Waals surface area contributed by atoms with E-state index in [0.717, 1.165) is 22.3 Å². The molecule has 1 aliphatic carbocycles. The maximum Gasteiger partial charge on any atom is 0.407 e. The third-order valence-electron chi connectivity index (χ3n) is 5.89. The molecule has 0 heterocycles. The lowest BCUT2D eigenvalue weighted by atomic mass is 9.98. The SMILES string of the molecule is CC[C@@H](NC(=O)OCC1c2ccccc2-c2ccccc21)C(=O)N[C@H](CC(=O)O)C(C)C. The van der Waals surface area contributed by atoms with E-state index < -0.39 is 30.1 Å². The molecule has 0 saturated carbocycles. The first-order valence-electron chi connectivity index (χ1n) is 11.0. The van der Waals surface area contributed by atoms with Gasteiger partial charge in [0.1, 0.15) is 12.6 Å². The molecule has 2 aromatic rings. The molecule has 0 aliphatic heterocycles. The normalized spacial score (nSPS) is 14.2. The van der Waals surface area contributed by atoms with Crippen LogP contribution in [0.5, 0.6) is 0 Å². The highest BCUT2D eigenvalue weighted by Gasteiger charge is 2.30. The summed E-state index contributed by atoms with van der Waals surface area (Å²) >= 11 is 0. The molecule has 0 aromatic heterocycles. The highest BCUT2D eigenvalue weighted by molar-refractivity contribution is 5.86. The number of carboxylic acids is 1. The van der Waals surface area contributed by atoms with Crippen LogP contribution in [0.15, 0.2) is 48.5 Å². The Bertz CT molecular complexity index is 942. The molecule has 2 aromatic carbocycles. The number of hydrogen-bond donors (Lipinski definition) is 3. The Labute approximate surface area is 188 Å². The van der Waals surface area contributed by atoms with Gasteiger partial charge in [0.25, 0.3) is 0 Å². The number of amides is 2. The third-order valence-corrected chi connectivity index (χ3v) is 5.89. The van der Waals surface area contributed by atoms with E-state index in [1.54, 1.807) is 6.92 Å². The molecule has 3 rings (SSSR count). The number of carboxylic acid groups (broad SMARTS) is 1. The van der Waals surface area contributed by atoms with Crippen molar-refractivity contribution in [1.82, 2.24) is 10.6 Å². The topological polar surface area (TPSA) is 105 Å². The van der Waals surface area contributed by atoms with Crippen LogP contribution >= 0.6 is 0 Å². The van der Waals surface area contributed by atoms with Crippen molar-refractivity contribution < 1.29 is 24.2 Å². The van der Waals surface area contributed by atoms with Gasteiger partial charge in [-0.1, -0.05) is 69.3 Å². The van der Waals surface area contributed by atoms with Gasteiger partial charge < -0.3 is 20.5 Å². The van der Waals surface area contributed by atoms with Crippen molar-refractivity contribution in [2.75, 3.05) is 6.61 Å². The predicted octanol–water partition coefficient (Wildman–Crippen LogP) is 3.92. The fourth-order valence-electron chi connectivity index (χ4n) is 4.06. The average Bonchev–Trinajstić information content (AvgIpc) is 3.09. The second kappa shape index (κ2) is 10.3. The Morgan fingerprint density at radius 1 is 0.969 bits per heavy atom. The van der Waals surface area contributed by atoms with Gasteiger partial charge in [-0.3, -0.25) is 9.59 Å². The van der Waals surface area contributed by atoms with Crippen LogP contribution in [0.4, 0.5) is 4.79 Å². The molecule has 2 atom stereocenters. The van der Waals surface area contributed by atoms with Gasteiger partial charge in [0.2, 0.25) is 5.91 Å². The van der Waals surface area contributed by atoms with Gasteiger partial charge >= 0.3 is 12.1 Å². The maximum atomic E-state index is 12.6. The van der Waals surface area contributed by atoms with E-state index in [9.17, 15) is 14.4 Å². The number of alkyl carbamates (subject to hydrolysis) is 1. The molecule has 2 amide bonds. The van der Waals surface area contributed by atoms with Crippen LogP contribution in [-0.4, -0.2) is 41.8 Å². The molecule has 7 nitrogen and oxygen atoms in total. The van der Waals surface area contributed by atoms with Gasteiger partial charge in [0.15, 0.2) is 0 Å². The number of carbonyl (C=O) groups excluding carboxylic acids is 2. The van der Waals surface area contributed by atoms with E-state index in [0.29, 0.717) is 6.42 Å². The van der Waals surface area contributed by atoms with E-state index in [4.69, 9.17) is 9.84 Å². The minimum Gasteiger partial charge on any atom is -0.481 e. The quantitative estimate of drug-likeness (QED) is 0.550. The monoisotopic (exact) mass is 438 g/mol. The maximum absolute atomic E-state index is 12.6. The molecule has 3 N–H and O–H groups in total. The minimum absolute atomic E-state index is 0.0537. The van der Waals surface area contributed by atoms with Crippen LogP contribution < -0.4 is 10.6 Å². The molecule has 1 aliphatic rings. The van der Waals surface area contributed by atoms with Crippen LogP contribution in [0.1, 0.15) is 50.7 Å². The van der Waals surface area contributed by atoms with Crippen molar-refractivity contribution in [3.05, 3.63) is 59.7 Å². The van der Waals surface area contributed by atoms with Crippen LogP contribution in [0.3, 0.4) is 0 Å². The summed E-state index contributed by atoms with van der Waals surface area (Å²) in [7, 11) is 0.